The van der Waals surface area contributed by atoms with E-state index in [4.69, 9.17) is 0 Å². The van der Waals surface area contributed by atoms with Crippen molar-refractivity contribution in [3.05, 3.63) is 29.3 Å². The van der Waals surface area contributed by atoms with E-state index >= 15 is 0 Å². The second kappa shape index (κ2) is 6.40. The Balaban J connectivity index is 2.62. The molecule has 1 atom stereocenters. The molecule has 0 spiro atoms. The third-order valence-electron chi connectivity index (χ3n) is 2.94. The average molecular weight is 250 g/mol. The van der Waals surface area contributed by atoms with Gasteiger partial charge >= 0.3 is 0 Å². The van der Waals surface area contributed by atoms with Crippen molar-refractivity contribution in [3.8, 4) is 5.75 Å². The van der Waals surface area contributed by atoms with Crippen LogP contribution in [0.25, 0.3) is 0 Å². The van der Waals surface area contributed by atoms with Crippen LogP contribution < -0.4 is 5.32 Å². The minimum Gasteiger partial charge on any atom is -0.508 e. The zero-order chi connectivity index (χ0) is 13.7. The van der Waals surface area contributed by atoms with Crippen molar-refractivity contribution in [1.29, 1.82) is 0 Å². The third-order valence-corrected chi connectivity index (χ3v) is 2.94. The Morgan fingerprint density at radius 3 is 2.72 bits per heavy atom. The third kappa shape index (κ3) is 4.04. The van der Waals surface area contributed by atoms with E-state index in [9.17, 15) is 9.90 Å². The normalized spacial score (nSPS) is 12.5. The minimum atomic E-state index is -0.130. The number of carbonyl (C=O) groups excluding carboxylic acids is 1. The number of aromatic hydroxyl groups is 1. The summed E-state index contributed by atoms with van der Waals surface area (Å²) in [5.74, 6) is 0.0262. The molecule has 0 aliphatic carbocycles. The molecule has 1 amide bonds. The highest BCUT2D eigenvalue weighted by Crippen LogP contribution is 2.19. The van der Waals surface area contributed by atoms with Crippen molar-refractivity contribution < 1.29 is 9.90 Å². The van der Waals surface area contributed by atoms with E-state index in [1.165, 1.54) is 0 Å². The lowest BCUT2D eigenvalue weighted by molar-refractivity contribution is 0.0935. The van der Waals surface area contributed by atoms with Crippen LogP contribution in [0.4, 0.5) is 0 Å². The first-order valence-electron chi connectivity index (χ1n) is 6.16. The van der Waals surface area contributed by atoms with E-state index in [0.717, 1.165) is 13.0 Å². The molecule has 4 heteroatoms. The molecular formula is C14H22N2O2. The van der Waals surface area contributed by atoms with Crippen molar-refractivity contribution in [2.24, 2.45) is 0 Å². The Labute approximate surface area is 109 Å². The zero-order valence-corrected chi connectivity index (χ0v) is 11.5. The first-order valence-corrected chi connectivity index (χ1v) is 6.16. The quantitative estimate of drug-likeness (QED) is 0.837. The van der Waals surface area contributed by atoms with E-state index in [1.807, 2.05) is 21.0 Å². The number of phenols is 1. The first kappa shape index (κ1) is 14.5. The molecule has 1 aromatic rings. The highest BCUT2D eigenvalue weighted by molar-refractivity contribution is 5.96. The van der Waals surface area contributed by atoms with Crippen LogP contribution in [-0.2, 0) is 0 Å². The lowest BCUT2D eigenvalue weighted by Gasteiger charge is -2.17. The Hall–Kier alpha value is -1.55. The van der Waals surface area contributed by atoms with Crippen molar-refractivity contribution in [2.75, 3.05) is 20.6 Å². The second-order valence-corrected chi connectivity index (χ2v) is 4.92. The maximum atomic E-state index is 12.0. The SMILES string of the molecule is Cc1c(O)cccc1C(=O)NC(C)CCN(C)C. The molecule has 0 bridgehead atoms. The standard InChI is InChI=1S/C14H22N2O2/c1-10(8-9-16(3)4)15-14(18)12-6-5-7-13(17)11(12)2/h5-7,10,17H,8-9H2,1-4H3,(H,15,18). The molecule has 0 saturated carbocycles. The number of nitrogens with one attached hydrogen (secondary N) is 1. The Morgan fingerprint density at radius 2 is 2.11 bits per heavy atom. The molecule has 0 heterocycles. The molecule has 4 nitrogen and oxygen atoms in total. The number of phenolic OH excluding ortho intramolecular Hbond substituents is 1. The van der Waals surface area contributed by atoms with Crippen LogP contribution in [0, 0.1) is 6.92 Å². The minimum absolute atomic E-state index is 0.113. The van der Waals surface area contributed by atoms with Crippen LogP contribution in [0.3, 0.4) is 0 Å². The van der Waals surface area contributed by atoms with Crippen LogP contribution in [0.1, 0.15) is 29.3 Å². The van der Waals surface area contributed by atoms with Crippen LogP contribution in [0.5, 0.6) is 5.75 Å². The largest absolute Gasteiger partial charge is 0.508 e. The van der Waals surface area contributed by atoms with Crippen molar-refractivity contribution in [3.63, 3.8) is 0 Å². The molecule has 1 aromatic carbocycles. The van der Waals surface area contributed by atoms with E-state index in [-0.39, 0.29) is 17.7 Å². The molecule has 1 unspecified atom stereocenters. The number of amides is 1. The molecule has 2 N–H and O–H groups in total. The fraction of sp³-hybridized carbons (Fsp3) is 0.500. The topological polar surface area (TPSA) is 52.6 Å². The molecule has 0 fully saturated rings. The fourth-order valence-electron chi connectivity index (χ4n) is 1.70. The van der Waals surface area contributed by atoms with Crippen LogP contribution in [-0.4, -0.2) is 42.6 Å². The molecule has 0 aromatic heterocycles. The van der Waals surface area contributed by atoms with E-state index < -0.39 is 0 Å². The Bertz CT molecular complexity index is 416. The summed E-state index contributed by atoms with van der Waals surface area (Å²) in [6.45, 7) is 4.66. The molecule has 0 saturated heterocycles. The number of rotatable bonds is 5. The van der Waals surface area contributed by atoms with Gasteiger partial charge < -0.3 is 15.3 Å². The summed E-state index contributed by atoms with van der Waals surface area (Å²) in [6.07, 6.45) is 0.899. The Kier molecular flexibility index (Phi) is 5.16. The van der Waals surface area contributed by atoms with Gasteiger partial charge in [-0.25, -0.2) is 0 Å². The second-order valence-electron chi connectivity index (χ2n) is 4.92. The number of carbonyl (C=O) groups is 1. The van der Waals surface area contributed by atoms with Gasteiger partial charge in [0.15, 0.2) is 0 Å². The number of benzene rings is 1. The first-order chi connectivity index (χ1) is 8.41. The van der Waals surface area contributed by atoms with Gasteiger partial charge in [-0.05, 0) is 53.0 Å². The van der Waals surface area contributed by atoms with Crippen molar-refractivity contribution >= 4 is 5.91 Å². The average Bonchev–Trinajstić information content (AvgIpc) is 2.30. The van der Waals surface area contributed by atoms with Crippen molar-refractivity contribution in [2.45, 2.75) is 26.3 Å². The van der Waals surface area contributed by atoms with Crippen LogP contribution in [0.15, 0.2) is 18.2 Å². The maximum absolute atomic E-state index is 12.0. The molecule has 0 aliphatic rings. The van der Waals surface area contributed by atoms with Gasteiger partial charge in [-0.1, -0.05) is 6.07 Å². The summed E-state index contributed by atoms with van der Waals surface area (Å²) in [4.78, 5) is 14.1. The highest BCUT2D eigenvalue weighted by Gasteiger charge is 2.13. The summed E-state index contributed by atoms with van der Waals surface area (Å²) < 4.78 is 0. The zero-order valence-electron chi connectivity index (χ0n) is 11.5. The van der Waals surface area contributed by atoms with E-state index in [1.54, 1.807) is 25.1 Å². The van der Waals surface area contributed by atoms with Gasteiger partial charge in [-0.2, -0.15) is 0 Å². The van der Waals surface area contributed by atoms with Gasteiger partial charge in [-0.15, -0.1) is 0 Å². The van der Waals surface area contributed by atoms with Gasteiger partial charge in [0, 0.05) is 17.2 Å². The molecule has 18 heavy (non-hydrogen) atoms. The maximum Gasteiger partial charge on any atom is 0.251 e. The molecule has 0 aliphatic heterocycles. The molecule has 1 rings (SSSR count). The number of hydrogen-bond donors (Lipinski definition) is 2. The Morgan fingerprint density at radius 1 is 1.44 bits per heavy atom. The predicted molar refractivity (Wildman–Crippen MR) is 72.9 cm³/mol. The molecule has 0 radical (unpaired) electrons. The number of nitrogens with zero attached hydrogens (tertiary/aromatic N) is 1. The fourth-order valence-corrected chi connectivity index (χ4v) is 1.70. The summed E-state index contributed by atoms with van der Waals surface area (Å²) in [5.41, 5.74) is 1.15. The van der Waals surface area contributed by atoms with Gasteiger partial charge in [0.1, 0.15) is 5.75 Å². The van der Waals surface area contributed by atoms with Crippen LogP contribution >= 0.6 is 0 Å². The summed E-state index contributed by atoms with van der Waals surface area (Å²) in [6, 6.07) is 5.11. The van der Waals surface area contributed by atoms with Gasteiger partial charge in [-0.3, -0.25) is 4.79 Å². The highest BCUT2D eigenvalue weighted by atomic mass is 16.3. The predicted octanol–water partition coefficient (Wildman–Crippen LogP) is 1.77. The van der Waals surface area contributed by atoms with Gasteiger partial charge in [0.05, 0.1) is 0 Å². The number of hydrogen-bond acceptors (Lipinski definition) is 3. The molecular weight excluding hydrogens is 228 g/mol. The summed E-state index contributed by atoms with van der Waals surface area (Å²) in [5, 5.41) is 12.5. The van der Waals surface area contributed by atoms with Crippen molar-refractivity contribution in [1.82, 2.24) is 10.2 Å². The van der Waals surface area contributed by atoms with Gasteiger partial charge in [0.25, 0.3) is 5.91 Å². The van der Waals surface area contributed by atoms with E-state index in [0.29, 0.717) is 11.1 Å². The van der Waals surface area contributed by atoms with Crippen LogP contribution in [0.2, 0.25) is 0 Å². The van der Waals surface area contributed by atoms with E-state index in [2.05, 4.69) is 10.2 Å². The monoisotopic (exact) mass is 250 g/mol. The lowest BCUT2D eigenvalue weighted by atomic mass is 10.1. The smallest absolute Gasteiger partial charge is 0.251 e. The molecule has 100 valence electrons. The summed E-state index contributed by atoms with van der Waals surface area (Å²) in [7, 11) is 4.02. The lowest BCUT2D eigenvalue weighted by Crippen LogP contribution is -2.35. The summed E-state index contributed by atoms with van der Waals surface area (Å²) >= 11 is 0. The van der Waals surface area contributed by atoms with Gasteiger partial charge in [0.2, 0.25) is 0 Å².